The molecule has 1 aliphatic heterocycles. The molecule has 9 amide bonds. The Morgan fingerprint density at radius 3 is 2.02 bits per heavy atom. The zero-order valence-corrected chi connectivity index (χ0v) is 62.3. The second kappa shape index (κ2) is 42.0. The fraction of sp³-hybridized carbons (Fsp3) is 0.480. The molecule has 0 bridgehead atoms. The van der Waals surface area contributed by atoms with Gasteiger partial charge in [0.25, 0.3) is 0 Å². The number of likely N-dealkylation sites (tertiary alicyclic amines) is 1. The highest BCUT2D eigenvalue weighted by Gasteiger charge is 2.43. The van der Waals surface area contributed by atoms with Crippen molar-refractivity contribution in [3.63, 3.8) is 0 Å². The standard InChI is InChI=1S/C75H100FN17O17/c1-7-48-33-53(110-28-11-10-25-77)21-22-54(48)49-19-17-46(18-20-49)32-57(68(102)81-56(73(107)108)16-12-13-47-30-42(2)29-43(3)31-47)83-69(103)59(35-63(98)99)84-70(104)60(40-94)85-71(105)64(44(4)95)87-74(109)75(6,36-50-14-8-9-15-55(50)76)88-72(106)65(45(5)96)86-62(97)38-79-67(101)58(34-61-89-91-92-90-61)82-66(100)51-23-26-93(39-51)27-24-52-37-78-41-80-52/h8-9,14-15,17-22,29-31,33,37,41,44-45,51,56-60,64-65,94-96H,7,10-13,16,23-28,32,34-36,38-40,77H2,1-6H3,(H,78,80)(H,79,101)(H,81,102)(H,82,100)(H,83,103)(H,84,104)(H,85,105)(H,86,97)(H,87,109)(H,88,106)(H,98,99)(H,107,108)(H,89,90,91,92)/t44-,45-,51+,56+,57+,58+,59+,60+,64+,65+,75+/m1/s1. The number of aromatic amines is 2. The van der Waals surface area contributed by atoms with Crippen molar-refractivity contribution >= 4 is 65.1 Å². The molecule has 18 N–H and O–H groups in total. The van der Waals surface area contributed by atoms with Gasteiger partial charge in [-0.05, 0) is 144 Å². The molecule has 4 aromatic carbocycles. The normalized spacial score (nSPS) is 15.8. The van der Waals surface area contributed by atoms with Gasteiger partial charge in [0, 0.05) is 50.7 Å². The quantitative estimate of drug-likeness (QED) is 0.0211. The number of halogens is 1. The second-order valence-electron chi connectivity index (χ2n) is 27.7. The number of aliphatic hydroxyl groups excluding tert-OH is 3. The molecule has 1 saturated heterocycles. The number of aliphatic carboxylic acids is 2. The van der Waals surface area contributed by atoms with Crippen molar-refractivity contribution in [3.8, 4) is 16.9 Å². The first-order valence-corrected chi connectivity index (χ1v) is 36.4. The Morgan fingerprint density at radius 1 is 0.718 bits per heavy atom. The maximum Gasteiger partial charge on any atom is 0.326 e. The lowest BCUT2D eigenvalue weighted by Gasteiger charge is -2.34. The van der Waals surface area contributed by atoms with Crippen molar-refractivity contribution < 1.29 is 87.4 Å². The van der Waals surface area contributed by atoms with E-state index in [9.17, 15) is 78.3 Å². The summed E-state index contributed by atoms with van der Waals surface area (Å²) in [5, 5.41) is 88.0. The van der Waals surface area contributed by atoms with E-state index in [1.165, 1.54) is 18.2 Å². The van der Waals surface area contributed by atoms with Crippen molar-refractivity contribution in [3.05, 3.63) is 148 Å². The van der Waals surface area contributed by atoms with Crippen LogP contribution in [-0.4, -0.2) is 232 Å². The molecule has 0 unspecified atom stereocenters. The van der Waals surface area contributed by atoms with E-state index >= 15 is 4.39 Å². The molecule has 0 saturated carbocycles. The predicted octanol–water partition coefficient (Wildman–Crippen LogP) is -0.661. The summed E-state index contributed by atoms with van der Waals surface area (Å²) in [5.41, 5.74) is 10.0. The predicted molar refractivity (Wildman–Crippen MR) is 396 cm³/mol. The maximum atomic E-state index is 15.5. The number of carboxylic acids is 2. The number of carbonyl (C=O) groups excluding carboxylic acids is 9. The summed E-state index contributed by atoms with van der Waals surface area (Å²) in [6.45, 7) is 9.62. The summed E-state index contributed by atoms with van der Waals surface area (Å²) in [7, 11) is 0. The molecule has 594 valence electrons. The third kappa shape index (κ3) is 26.3. The Morgan fingerprint density at radius 2 is 1.38 bits per heavy atom. The first-order chi connectivity index (χ1) is 52.5. The summed E-state index contributed by atoms with van der Waals surface area (Å²) in [6.07, 6.45) is 1.35. The molecule has 0 spiro atoms. The minimum absolute atomic E-state index is 0.0406. The molecule has 110 heavy (non-hydrogen) atoms. The van der Waals surface area contributed by atoms with Crippen molar-refractivity contribution in [2.45, 2.75) is 179 Å². The summed E-state index contributed by atoms with van der Waals surface area (Å²) in [6, 6.07) is 11.0. The molecule has 0 aliphatic carbocycles. The number of aryl methyl sites for hydroxylation is 4. The van der Waals surface area contributed by atoms with Gasteiger partial charge in [-0.25, -0.2) is 14.2 Å². The third-order valence-corrected chi connectivity index (χ3v) is 18.6. The van der Waals surface area contributed by atoms with Crippen LogP contribution >= 0.6 is 0 Å². The number of nitrogens with zero attached hydrogens (tertiary/aromatic N) is 5. The van der Waals surface area contributed by atoms with E-state index < -0.39 is 163 Å². The van der Waals surface area contributed by atoms with Gasteiger partial charge in [0.15, 0.2) is 5.82 Å². The number of imidazole rings is 1. The Balaban J connectivity index is 1.03. The van der Waals surface area contributed by atoms with Crippen molar-refractivity contribution in [1.29, 1.82) is 0 Å². The minimum Gasteiger partial charge on any atom is -0.494 e. The van der Waals surface area contributed by atoms with Gasteiger partial charge < -0.3 is 93.7 Å². The Labute approximate surface area is 634 Å². The number of amides is 9. The Kier molecular flexibility index (Phi) is 32.9. The van der Waals surface area contributed by atoms with Crippen molar-refractivity contribution in [2.75, 3.05) is 45.9 Å². The Bertz CT molecular complexity index is 4090. The topological polar surface area (TPSA) is 519 Å². The number of nitrogens with two attached hydrogens (primary N) is 1. The van der Waals surface area contributed by atoms with Crippen LogP contribution in [0.4, 0.5) is 4.39 Å². The van der Waals surface area contributed by atoms with E-state index in [1.54, 1.807) is 36.8 Å². The SMILES string of the molecule is CCc1cc(OCCCCN)ccc1-c1ccc(C[C@H](NC(=O)[C@H](CC(=O)O)NC(=O)[C@H](CO)NC(=O)[C@@H](NC(=O)[C@](C)(Cc2ccccc2F)NC(=O)[C@@H](NC(=O)CNC(=O)[C@H](Cc2nn[nH]n2)NC(=O)[C@H]2CCN(CCc3cnc[nH]3)C2)[C@@H](C)O)[C@@H](C)O)C(=O)N[C@@H](CCCc2cc(C)cc(C)c2)C(=O)O)cc1. The smallest absolute Gasteiger partial charge is 0.326 e. The molecule has 6 aromatic rings. The van der Waals surface area contributed by atoms with Crippen LogP contribution in [0.15, 0.2) is 97.5 Å². The average Bonchev–Trinajstić information content (AvgIpc) is 0.866. The fourth-order valence-corrected chi connectivity index (χ4v) is 12.7. The molecular formula is C75H100FN17O17. The van der Waals surface area contributed by atoms with E-state index in [0.29, 0.717) is 76.2 Å². The lowest BCUT2D eigenvalue weighted by atomic mass is 9.90. The van der Waals surface area contributed by atoms with Crippen LogP contribution in [0.2, 0.25) is 0 Å². The lowest BCUT2D eigenvalue weighted by Crippen LogP contribution is -2.67. The second-order valence-corrected chi connectivity index (χ2v) is 27.7. The molecular weight excluding hydrogens is 1430 g/mol. The van der Waals surface area contributed by atoms with Gasteiger partial charge in [0.2, 0.25) is 53.2 Å². The summed E-state index contributed by atoms with van der Waals surface area (Å²) in [5.74, 6) is -13.7. The maximum absolute atomic E-state index is 15.5. The van der Waals surface area contributed by atoms with Crippen LogP contribution in [0.5, 0.6) is 5.75 Å². The number of carboxylic acid groups (broad SMARTS) is 2. The van der Waals surface area contributed by atoms with Crippen LogP contribution < -0.4 is 58.3 Å². The zero-order chi connectivity index (χ0) is 80.2. The molecule has 1 fully saturated rings. The molecule has 0 radical (unpaired) electrons. The molecule has 34 nitrogen and oxygen atoms in total. The van der Waals surface area contributed by atoms with Crippen LogP contribution in [0.1, 0.15) is 111 Å². The molecule has 3 heterocycles. The molecule has 1 aliphatic rings. The van der Waals surface area contributed by atoms with Gasteiger partial charge in [-0.15, -0.1) is 10.2 Å². The number of unbranched alkanes of at least 4 members (excludes halogenated alkanes) is 1. The van der Waals surface area contributed by atoms with Crippen molar-refractivity contribution in [1.82, 2.24) is 83.3 Å². The number of carbonyl (C=O) groups is 11. The number of aliphatic hydroxyl groups is 3. The van der Waals surface area contributed by atoms with E-state index in [1.807, 2.05) is 57.2 Å². The first-order valence-electron chi connectivity index (χ1n) is 36.4. The third-order valence-electron chi connectivity index (χ3n) is 18.6. The zero-order valence-electron chi connectivity index (χ0n) is 62.3. The number of rotatable bonds is 44. The first kappa shape index (κ1) is 86.1. The van der Waals surface area contributed by atoms with Crippen LogP contribution in [-0.2, 0) is 91.3 Å². The lowest BCUT2D eigenvalue weighted by molar-refractivity contribution is -0.143. The summed E-state index contributed by atoms with van der Waals surface area (Å²) < 4.78 is 21.5. The minimum atomic E-state index is -2.37. The van der Waals surface area contributed by atoms with E-state index in [-0.39, 0.29) is 30.7 Å². The number of H-pyrrole nitrogens is 2. The fourth-order valence-electron chi connectivity index (χ4n) is 12.7. The highest BCUT2D eigenvalue weighted by Crippen LogP contribution is 2.29. The molecule has 7 rings (SSSR count). The highest BCUT2D eigenvalue weighted by atomic mass is 19.1. The number of benzene rings is 4. The number of ether oxygens (including phenoxy) is 1. The molecule has 2 aromatic heterocycles. The highest BCUT2D eigenvalue weighted by molar-refractivity contribution is 6.00. The van der Waals surface area contributed by atoms with Gasteiger partial charge in [-0.3, -0.25) is 47.9 Å². The van der Waals surface area contributed by atoms with E-state index in [4.69, 9.17) is 10.5 Å². The number of nitrogens with one attached hydrogen (secondary N) is 11. The van der Waals surface area contributed by atoms with Crippen LogP contribution in [0, 0.1) is 25.6 Å². The van der Waals surface area contributed by atoms with Gasteiger partial charge in [0.05, 0.1) is 50.6 Å². The van der Waals surface area contributed by atoms with Gasteiger partial charge in [-0.1, -0.05) is 90.0 Å². The largest absolute Gasteiger partial charge is 0.494 e. The molecule has 11 atom stereocenters. The average molecular weight is 1530 g/mol. The van der Waals surface area contributed by atoms with Gasteiger partial charge >= 0.3 is 11.9 Å². The van der Waals surface area contributed by atoms with E-state index in [2.05, 4.69) is 83.3 Å². The van der Waals surface area contributed by atoms with Gasteiger partial charge in [-0.2, -0.15) is 5.21 Å². The van der Waals surface area contributed by atoms with Crippen LogP contribution in [0.3, 0.4) is 0 Å². The summed E-state index contributed by atoms with van der Waals surface area (Å²) >= 11 is 0. The number of tetrazole rings is 1. The molecule has 35 heteroatoms. The Hall–Kier alpha value is -11.1. The number of hydrogen-bond donors (Lipinski definition) is 17. The summed E-state index contributed by atoms with van der Waals surface area (Å²) in [4.78, 5) is 162. The van der Waals surface area contributed by atoms with Gasteiger partial charge in [0.1, 0.15) is 59.4 Å². The number of hydrogen-bond acceptors (Lipinski definition) is 21. The van der Waals surface area contributed by atoms with Crippen LogP contribution in [0.25, 0.3) is 11.1 Å². The van der Waals surface area contributed by atoms with Crippen molar-refractivity contribution in [2.24, 2.45) is 11.7 Å². The monoisotopic (exact) mass is 1530 g/mol. The van der Waals surface area contributed by atoms with E-state index in [0.717, 1.165) is 78.8 Å². The number of aromatic nitrogens is 6.